The van der Waals surface area contributed by atoms with Gasteiger partial charge in [-0.05, 0) is 44.9 Å². The largest absolute Gasteiger partial charge is 0.438 e. The van der Waals surface area contributed by atoms with Crippen LogP contribution in [-0.2, 0) is 6.54 Å². The number of para-hydroxylation sites is 1. The van der Waals surface area contributed by atoms with Gasteiger partial charge in [-0.3, -0.25) is 9.59 Å². The van der Waals surface area contributed by atoms with E-state index in [1.165, 1.54) is 6.07 Å². The number of aromatic nitrogens is 2. The Bertz CT molecular complexity index is 1070. The monoisotopic (exact) mass is 377 g/mol. The van der Waals surface area contributed by atoms with Crippen molar-refractivity contribution in [2.75, 3.05) is 0 Å². The molecule has 2 N–H and O–H groups in total. The van der Waals surface area contributed by atoms with E-state index >= 15 is 0 Å². The van der Waals surface area contributed by atoms with Gasteiger partial charge in [-0.25, -0.2) is 4.98 Å². The van der Waals surface area contributed by atoms with Crippen molar-refractivity contribution in [3.8, 4) is 11.6 Å². The summed E-state index contributed by atoms with van der Waals surface area (Å²) in [6.07, 6.45) is 1.64. The Hall–Kier alpha value is -3.41. The number of carbonyl (C=O) groups excluding carboxylic acids is 1. The minimum atomic E-state index is -0.430. The SMILES string of the molecule is Cc1cc(=O)c(C(=O)NCc2cccnc2Oc2c(C)cccc2C)c(C)[nH]1. The molecule has 2 aromatic heterocycles. The van der Waals surface area contributed by atoms with Crippen molar-refractivity contribution in [1.29, 1.82) is 0 Å². The second kappa shape index (κ2) is 8.08. The molecular weight excluding hydrogens is 354 g/mol. The Morgan fingerprint density at radius 2 is 1.82 bits per heavy atom. The number of nitrogens with zero attached hydrogens (tertiary/aromatic N) is 1. The Morgan fingerprint density at radius 1 is 1.11 bits per heavy atom. The zero-order chi connectivity index (χ0) is 20.3. The summed E-state index contributed by atoms with van der Waals surface area (Å²) in [5.74, 6) is 0.745. The average Bonchev–Trinajstić information content (AvgIpc) is 2.63. The van der Waals surface area contributed by atoms with Gasteiger partial charge >= 0.3 is 0 Å². The van der Waals surface area contributed by atoms with Crippen LogP contribution in [0.4, 0.5) is 0 Å². The molecule has 3 rings (SSSR count). The third-order valence-electron chi connectivity index (χ3n) is 4.48. The number of aryl methyl sites for hydroxylation is 4. The van der Waals surface area contributed by atoms with Crippen molar-refractivity contribution in [3.63, 3.8) is 0 Å². The lowest BCUT2D eigenvalue weighted by molar-refractivity contribution is 0.0948. The lowest BCUT2D eigenvalue weighted by atomic mass is 10.1. The zero-order valence-corrected chi connectivity index (χ0v) is 16.4. The van der Waals surface area contributed by atoms with Crippen LogP contribution in [-0.4, -0.2) is 15.9 Å². The minimum absolute atomic E-state index is 0.117. The summed E-state index contributed by atoms with van der Waals surface area (Å²) >= 11 is 0. The van der Waals surface area contributed by atoms with Crippen LogP contribution in [0.5, 0.6) is 11.6 Å². The molecule has 6 heteroatoms. The molecule has 0 spiro atoms. The molecule has 0 unspecified atom stereocenters. The first kappa shape index (κ1) is 19.4. The van der Waals surface area contributed by atoms with Crippen molar-refractivity contribution >= 4 is 5.91 Å². The maximum absolute atomic E-state index is 12.6. The van der Waals surface area contributed by atoms with Crippen LogP contribution < -0.4 is 15.5 Å². The number of hydrogen-bond donors (Lipinski definition) is 2. The third kappa shape index (κ3) is 4.11. The summed E-state index contributed by atoms with van der Waals surface area (Å²) < 4.78 is 6.04. The number of benzene rings is 1. The van der Waals surface area contributed by atoms with Crippen LogP contribution in [0.1, 0.15) is 38.4 Å². The molecule has 1 amide bonds. The highest BCUT2D eigenvalue weighted by Gasteiger charge is 2.16. The first-order valence-electron chi connectivity index (χ1n) is 9.03. The molecule has 2 heterocycles. The lowest BCUT2D eigenvalue weighted by Gasteiger charge is -2.14. The summed E-state index contributed by atoms with van der Waals surface area (Å²) in [5.41, 5.74) is 3.80. The van der Waals surface area contributed by atoms with Gasteiger partial charge in [-0.1, -0.05) is 24.3 Å². The number of H-pyrrole nitrogens is 1. The average molecular weight is 377 g/mol. The standard InChI is InChI=1S/C22H23N3O3/c1-13-7-5-8-14(2)20(13)28-22-17(9-6-10-23-22)12-24-21(27)19-16(4)25-15(3)11-18(19)26/h5-11H,12H2,1-4H3,(H,24,27)(H,25,26). The van der Waals surface area contributed by atoms with E-state index in [0.717, 1.165) is 28.1 Å². The van der Waals surface area contributed by atoms with E-state index in [9.17, 15) is 9.59 Å². The molecule has 0 aliphatic heterocycles. The summed E-state index contributed by atoms with van der Waals surface area (Å²) in [7, 11) is 0. The summed E-state index contributed by atoms with van der Waals surface area (Å²) in [6.45, 7) is 7.63. The van der Waals surface area contributed by atoms with Crippen LogP contribution in [0.3, 0.4) is 0 Å². The van der Waals surface area contributed by atoms with Gasteiger partial charge < -0.3 is 15.0 Å². The first-order valence-corrected chi connectivity index (χ1v) is 9.03. The fourth-order valence-corrected chi connectivity index (χ4v) is 3.10. The van der Waals surface area contributed by atoms with Gasteiger partial charge in [0.25, 0.3) is 5.91 Å². The van der Waals surface area contributed by atoms with Gasteiger partial charge in [0.1, 0.15) is 11.3 Å². The normalized spacial score (nSPS) is 10.6. The Kier molecular flexibility index (Phi) is 5.59. The van der Waals surface area contributed by atoms with Crippen molar-refractivity contribution in [2.24, 2.45) is 0 Å². The van der Waals surface area contributed by atoms with Crippen LogP contribution >= 0.6 is 0 Å². The second-order valence-corrected chi connectivity index (χ2v) is 6.79. The van der Waals surface area contributed by atoms with E-state index < -0.39 is 5.91 Å². The highest BCUT2D eigenvalue weighted by atomic mass is 16.5. The summed E-state index contributed by atoms with van der Waals surface area (Å²) in [5, 5.41) is 2.79. The van der Waals surface area contributed by atoms with Gasteiger partial charge in [0.05, 0.1) is 0 Å². The molecule has 0 saturated carbocycles. The number of rotatable bonds is 5. The molecule has 28 heavy (non-hydrogen) atoms. The molecule has 0 atom stereocenters. The molecule has 0 aliphatic carbocycles. The lowest BCUT2D eigenvalue weighted by Crippen LogP contribution is -2.30. The second-order valence-electron chi connectivity index (χ2n) is 6.79. The Morgan fingerprint density at radius 3 is 2.50 bits per heavy atom. The number of ether oxygens (including phenoxy) is 1. The maximum atomic E-state index is 12.6. The summed E-state index contributed by atoms with van der Waals surface area (Å²) in [4.78, 5) is 32.1. The number of carbonyl (C=O) groups is 1. The smallest absolute Gasteiger partial charge is 0.257 e. The highest BCUT2D eigenvalue weighted by molar-refractivity contribution is 5.95. The zero-order valence-electron chi connectivity index (χ0n) is 16.4. The minimum Gasteiger partial charge on any atom is -0.438 e. The van der Waals surface area contributed by atoms with E-state index in [1.807, 2.05) is 38.1 Å². The van der Waals surface area contributed by atoms with Gasteiger partial charge in [0.15, 0.2) is 5.43 Å². The predicted molar refractivity (Wildman–Crippen MR) is 108 cm³/mol. The number of amides is 1. The highest BCUT2D eigenvalue weighted by Crippen LogP contribution is 2.29. The number of nitrogens with one attached hydrogen (secondary N) is 2. The van der Waals surface area contributed by atoms with Crippen molar-refractivity contribution in [3.05, 3.63) is 86.5 Å². The maximum Gasteiger partial charge on any atom is 0.257 e. The fraction of sp³-hybridized carbons (Fsp3) is 0.227. The number of aromatic amines is 1. The summed E-state index contributed by atoms with van der Waals surface area (Å²) in [6, 6.07) is 10.9. The third-order valence-corrected chi connectivity index (χ3v) is 4.48. The Balaban J connectivity index is 1.81. The van der Waals surface area contributed by atoms with Crippen molar-refractivity contribution < 1.29 is 9.53 Å². The molecule has 0 saturated heterocycles. The molecular formula is C22H23N3O3. The van der Waals surface area contributed by atoms with E-state index in [4.69, 9.17) is 4.74 Å². The van der Waals surface area contributed by atoms with E-state index in [-0.39, 0.29) is 17.5 Å². The molecule has 144 valence electrons. The van der Waals surface area contributed by atoms with Crippen LogP contribution in [0, 0.1) is 27.7 Å². The van der Waals surface area contributed by atoms with E-state index in [0.29, 0.717) is 11.6 Å². The quantitative estimate of drug-likeness (QED) is 0.710. The van der Waals surface area contributed by atoms with Gasteiger partial charge in [0.2, 0.25) is 5.88 Å². The van der Waals surface area contributed by atoms with Crippen molar-refractivity contribution in [2.45, 2.75) is 34.2 Å². The molecule has 6 nitrogen and oxygen atoms in total. The van der Waals surface area contributed by atoms with Crippen LogP contribution in [0.15, 0.2) is 47.4 Å². The predicted octanol–water partition coefficient (Wildman–Crippen LogP) is 3.73. The fourth-order valence-electron chi connectivity index (χ4n) is 3.10. The molecule has 0 radical (unpaired) electrons. The van der Waals surface area contributed by atoms with Gasteiger partial charge in [0, 0.05) is 35.8 Å². The van der Waals surface area contributed by atoms with E-state index in [2.05, 4.69) is 15.3 Å². The number of pyridine rings is 2. The molecule has 0 aliphatic rings. The van der Waals surface area contributed by atoms with Gasteiger partial charge in [-0.15, -0.1) is 0 Å². The van der Waals surface area contributed by atoms with Gasteiger partial charge in [-0.2, -0.15) is 0 Å². The number of hydrogen-bond acceptors (Lipinski definition) is 4. The molecule has 0 bridgehead atoms. The van der Waals surface area contributed by atoms with E-state index in [1.54, 1.807) is 26.1 Å². The molecule has 0 fully saturated rings. The van der Waals surface area contributed by atoms with Crippen LogP contribution in [0.2, 0.25) is 0 Å². The Labute approximate surface area is 163 Å². The molecule has 1 aromatic carbocycles. The van der Waals surface area contributed by atoms with Crippen molar-refractivity contribution in [1.82, 2.24) is 15.3 Å². The molecule has 3 aromatic rings. The first-order chi connectivity index (χ1) is 13.4. The van der Waals surface area contributed by atoms with Crippen LogP contribution in [0.25, 0.3) is 0 Å². The topological polar surface area (TPSA) is 84.1 Å².